The zero-order chi connectivity index (χ0) is 39.4. The Kier molecular flexibility index (Phi) is 14.6. The van der Waals surface area contributed by atoms with Crippen LogP contribution in [-0.4, -0.2) is 50.7 Å². The SMILES string of the molecule is CCCCN(CCCC)CCCn1c(CCc2ccc(C(=N)N)cc2)nc2cc(C(=O)N(Cc3ccc(CN)cc3)Cc3cccc(C(F)(F)F)c3)ccc21. The predicted molar refractivity (Wildman–Crippen MR) is 215 cm³/mol. The summed E-state index contributed by atoms with van der Waals surface area (Å²) in [6.45, 7) is 8.95. The van der Waals surface area contributed by atoms with Crippen molar-refractivity contribution in [3.8, 4) is 0 Å². The van der Waals surface area contributed by atoms with E-state index >= 15 is 0 Å². The van der Waals surface area contributed by atoms with Gasteiger partial charge in [0, 0.05) is 43.7 Å². The molecule has 0 aliphatic rings. The lowest BCUT2D eigenvalue weighted by atomic mass is 10.1. The van der Waals surface area contributed by atoms with E-state index in [1.807, 2.05) is 60.7 Å². The number of hydrogen-bond donors (Lipinski definition) is 3. The van der Waals surface area contributed by atoms with Crippen LogP contribution < -0.4 is 11.5 Å². The van der Waals surface area contributed by atoms with Gasteiger partial charge in [0.15, 0.2) is 0 Å². The number of imidazole rings is 1. The maximum atomic E-state index is 14.3. The van der Waals surface area contributed by atoms with Gasteiger partial charge >= 0.3 is 6.18 Å². The van der Waals surface area contributed by atoms with Gasteiger partial charge < -0.3 is 25.8 Å². The van der Waals surface area contributed by atoms with E-state index in [1.54, 1.807) is 17.0 Å². The number of nitrogens with one attached hydrogen (secondary N) is 1. The molecule has 5 N–H and O–H groups in total. The maximum absolute atomic E-state index is 14.3. The highest BCUT2D eigenvalue weighted by Crippen LogP contribution is 2.30. The summed E-state index contributed by atoms with van der Waals surface area (Å²) in [7, 11) is 0. The molecule has 0 radical (unpaired) electrons. The van der Waals surface area contributed by atoms with Crippen LogP contribution in [0.3, 0.4) is 0 Å². The molecule has 0 bridgehead atoms. The molecule has 5 rings (SSSR count). The van der Waals surface area contributed by atoms with E-state index in [-0.39, 0.29) is 24.8 Å². The lowest BCUT2D eigenvalue weighted by Crippen LogP contribution is -2.30. The quantitative estimate of drug-likeness (QED) is 0.0543. The molecule has 292 valence electrons. The molecular formula is C44H54F3N7O. The van der Waals surface area contributed by atoms with Gasteiger partial charge in [-0.3, -0.25) is 10.2 Å². The summed E-state index contributed by atoms with van der Waals surface area (Å²) in [6.07, 6.45) is 2.53. The Labute approximate surface area is 322 Å². The fraction of sp³-hybridized carbons (Fsp3) is 0.386. The van der Waals surface area contributed by atoms with Crippen molar-refractivity contribution >= 4 is 22.8 Å². The summed E-state index contributed by atoms with van der Waals surface area (Å²) in [5, 5.41) is 7.72. The van der Waals surface area contributed by atoms with Crippen LogP contribution in [0.15, 0.2) is 91.0 Å². The first kappa shape index (κ1) is 41.2. The van der Waals surface area contributed by atoms with Gasteiger partial charge in [-0.1, -0.05) is 87.4 Å². The largest absolute Gasteiger partial charge is 0.416 e. The molecule has 0 unspecified atom stereocenters. The highest BCUT2D eigenvalue weighted by molar-refractivity contribution is 5.97. The molecule has 11 heteroatoms. The lowest BCUT2D eigenvalue weighted by Gasteiger charge is -2.24. The van der Waals surface area contributed by atoms with Gasteiger partial charge in [0.05, 0.1) is 16.6 Å². The van der Waals surface area contributed by atoms with Crippen molar-refractivity contribution in [1.29, 1.82) is 5.41 Å². The Morgan fingerprint density at radius 3 is 2.02 bits per heavy atom. The minimum Gasteiger partial charge on any atom is -0.384 e. The van der Waals surface area contributed by atoms with Gasteiger partial charge in [-0.05, 0) is 97.9 Å². The molecule has 1 aromatic heterocycles. The van der Waals surface area contributed by atoms with Crippen molar-refractivity contribution in [2.75, 3.05) is 19.6 Å². The molecule has 0 atom stereocenters. The summed E-state index contributed by atoms with van der Waals surface area (Å²) < 4.78 is 43.2. The van der Waals surface area contributed by atoms with E-state index in [0.29, 0.717) is 35.2 Å². The summed E-state index contributed by atoms with van der Waals surface area (Å²) in [4.78, 5) is 23.5. The molecule has 8 nitrogen and oxygen atoms in total. The van der Waals surface area contributed by atoms with Crippen LogP contribution in [-0.2, 0) is 45.2 Å². The van der Waals surface area contributed by atoms with E-state index in [4.69, 9.17) is 21.9 Å². The second kappa shape index (κ2) is 19.5. The topological polar surface area (TPSA) is 117 Å². The Balaban J connectivity index is 1.45. The van der Waals surface area contributed by atoms with Crippen LogP contribution in [0.25, 0.3) is 11.0 Å². The van der Waals surface area contributed by atoms with Crippen LogP contribution in [0.1, 0.15) is 95.5 Å². The van der Waals surface area contributed by atoms with E-state index in [2.05, 4.69) is 23.3 Å². The molecule has 4 aromatic carbocycles. The summed E-state index contributed by atoms with van der Waals surface area (Å²) in [5.41, 5.74) is 16.7. The number of aryl methyl sites for hydroxylation is 3. The number of alkyl halides is 3. The fourth-order valence-electron chi connectivity index (χ4n) is 6.86. The van der Waals surface area contributed by atoms with Crippen molar-refractivity contribution in [2.45, 2.75) is 91.1 Å². The molecule has 0 spiro atoms. The third-order valence-electron chi connectivity index (χ3n) is 10.0. The average Bonchev–Trinajstić information content (AvgIpc) is 3.53. The minimum absolute atomic E-state index is 0.00585. The summed E-state index contributed by atoms with van der Waals surface area (Å²) in [6, 6.07) is 26.0. The summed E-state index contributed by atoms with van der Waals surface area (Å²) >= 11 is 0. The Morgan fingerprint density at radius 1 is 0.764 bits per heavy atom. The second-order valence-corrected chi connectivity index (χ2v) is 14.3. The smallest absolute Gasteiger partial charge is 0.384 e. The number of amidine groups is 1. The summed E-state index contributed by atoms with van der Waals surface area (Å²) in [5.74, 6) is 0.652. The van der Waals surface area contributed by atoms with Crippen molar-refractivity contribution in [3.63, 3.8) is 0 Å². The Hall–Kier alpha value is -5.00. The monoisotopic (exact) mass is 753 g/mol. The molecule has 0 fully saturated rings. The number of nitrogens with two attached hydrogens (primary N) is 2. The number of rotatable bonds is 20. The highest BCUT2D eigenvalue weighted by atomic mass is 19.4. The molecule has 1 amide bonds. The number of nitrogens with zero attached hydrogens (tertiary/aromatic N) is 4. The lowest BCUT2D eigenvalue weighted by molar-refractivity contribution is -0.137. The molecule has 1 heterocycles. The number of halogens is 3. The molecular weight excluding hydrogens is 700 g/mol. The first-order chi connectivity index (χ1) is 26.5. The van der Waals surface area contributed by atoms with Crippen molar-refractivity contribution in [2.24, 2.45) is 11.5 Å². The third-order valence-corrected chi connectivity index (χ3v) is 10.0. The van der Waals surface area contributed by atoms with E-state index < -0.39 is 11.7 Å². The average molecular weight is 754 g/mol. The zero-order valence-electron chi connectivity index (χ0n) is 32.0. The van der Waals surface area contributed by atoms with Crippen molar-refractivity contribution < 1.29 is 18.0 Å². The fourth-order valence-corrected chi connectivity index (χ4v) is 6.86. The molecule has 0 aliphatic carbocycles. The third kappa shape index (κ3) is 11.5. The van der Waals surface area contributed by atoms with Gasteiger partial charge in [-0.15, -0.1) is 0 Å². The number of hydrogen-bond acceptors (Lipinski definition) is 5. The molecule has 0 aliphatic heterocycles. The van der Waals surface area contributed by atoms with Crippen molar-refractivity contribution in [1.82, 2.24) is 19.4 Å². The first-order valence-corrected chi connectivity index (χ1v) is 19.4. The van der Waals surface area contributed by atoms with Crippen LogP contribution >= 0.6 is 0 Å². The van der Waals surface area contributed by atoms with Crippen molar-refractivity contribution in [3.05, 3.63) is 136 Å². The van der Waals surface area contributed by atoms with Crippen LogP contribution in [0.2, 0.25) is 0 Å². The van der Waals surface area contributed by atoms with E-state index in [0.717, 1.165) is 92.0 Å². The molecule has 0 saturated carbocycles. The van der Waals surface area contributed by atoms with Gasteiger partial charge in [-0.2, -0.15) is 13.2 Å². The number of unbranched alkanes of at least 4 members (excludes halogenated alkanes) is 2. The molecule has 55 heavy (non-hydrogen) atoms. The number of benzene rings is 4. The number of carbonyl (C=O) groups is 1. The normalized spacial score (nSPS) is 11.8. The number of fused-ring (bicyclic) bond motifs is 1. The van der Waals surface area contributed by atoms with Gasteiger partial charge in [-0.25, -0.2) is 4.98 Å². The standard InChI is InChI=1S/C44H54F3N7O/c1-3-5-23-52(24-6-4-2)25-8-26-54-40-21-20-37(28-39(40)51-41(54)22-17-32-15-18-36(19-16-32)42(49)50)43(55)53(30-34-13-11-33(29-48)12-14-34)31-35-9-7-10-38(27-35)44(45,46)47/h7,9-16,18-21,27-28H,3-6,8,17,22-26,29-31,48H2,1-2H3,(H3,49,50). The minimum atomic E-state index is -4.49. The molecule has 0 saturated heterocycles. The maximum Gasteiger partial charge on any atom is 0.416 e. The van der Waals surface area contributed by atoms with E-state index in [9.17, 15) is 18.0 Å². The number of aromatic nitrogens is 2. The second-order valence-electron chi connectivity index (χ2n) is 14.3. The van der Waals surface area contributed by atoms with Gasteiger partial charge in [0.25, 0.3) is 5.91 Å². The zero-order valence-corrected chi connectivity index (χ0v) is 32.0. The number of amides is 1. The van der Waals surface area contributed by atoms with Crippen LogP contribution in [0.4, 0.5) is 13.2 Å². The Bertz CT molecular complexity index is 2000. The first-order valence-electron chi connectivity index (χ1n) is 19.4. The van der Waals surface area contributed by atoms with E-state index in [1.165, 1.54) is 18.9 Å². The van der Waals surface area contributed by atoms with Gasteiger partial charge in [0.2, 0.25) is 0 Å². The molecule has 5 aromatic rings. The number of carbonyl (C=O) groups excluding carboxylic acids is 1. The van der Waals surface area contributed by atoms with Gasteiger partial charge in [0.1, 0.15) is 11.7 Å². The highest BCUT2D eigenvalue weighted by Gasteiger charge is 2.30. The van der Waals surface area contributed by atoms with Crippen LogP contribution in [0.5, 0.6) is 0 Å². The van der Waals surface area contributed by atoms with Crippen LogP contribution in [0, 0.1) is 5.41 Å². The number of nitrogen functional groups attached to an aromatic ring is 1. The predicted octanol–water partition coefficient (Wildman–Crippen LogP) is 8.72. The Morgan fingerprint density at radius 2 is 1.38 bits per heavy atom.